The van der Waals surface area contributed by atoms with Gasteiger partial charge in [-0.25, -0.2) is 9.79 Å². The quantitative estimate of drug-likeness (QED) is 0.619. The number of hydrogen-bond acceptors (Lipinski definition) is 5. The van der Waals surface area contributed by atoms with E-state index < -0.39 is 18.0 Å². The van der Waals surface area contributed by atoms with Crippen molar-refractivity contribution < 1.29 is 19.1 Å². The van der Waals surface area contributed by atoms with Gasteiger partial charge in [0.2, 0.25) is 5.91 Å². The number of nitrogens with zero attached hydrogens (tertiary/aromatic N) is 2. The molecule has 0 radical (unpaired) electrons. The number of carbonyl (C=O) groups excluding carboxylic acids is 2. The van der Waals surface area contributed by atoms with Crippen LogP contribution in [0.25, 0.3) is 10.9 Å². The number of rotatable bonds is 3. The molecule has 0 fully saturated rings. The molecule has 0 saturated heterocycles. The molecule has 0 aliphatic carbocycles. The van der Waals surface area contributed by atoms with Crippen LogP contribution in [-0.2, 0) is 4.79 Å². The van der Waals surface area contributed by atoms with Gasteiger partial charge in [0.25, 0.3) is 0 Å². The van der Waals surface area contributed by atoms with Gasteiger partial charge in [-0.2, -0.15) is 5.10 Å². The van der Waals surface area contributed by atoms with Gasteiger partial charge in [0.05, 0.1) is 17.8 Å². The number of ether oxygens (including phenoxy) is 2. The summed E-state index contributed by atoms with van der Waals surface area (Å²) in [6.45, 7) is 2.63. The molecular weight excluding hydrogens is 386 g/mol. The van der Waals surface area contributed by atoms with Gasteiger partial charge in [0, 0.05) is 16.8 Å². The van der Waals surface area contributed by atoms with Crippen molar-refractivity contribution in [3.63, 3.8) is 0 Å². The van der Waals surface area contributed by atoms with E-state index in [1.807, 2.05) is 18.2 Å². The highest BCUT2D eigenvalue weighted by molar-refractivity contribution is 6.13. The Bertz CT molecular complexity index is 1190. The Morgan fingerprint density at radius 1 is 1.13 bits per heavy atom. The molecule has 1 aromatic heterocycles. The Balaban J connectivity index is 1.46. The van der Waals surface area contributed by atoms with Crippen LogP contribution in [0.5, 0.6) is 11.5 Å². The summed E-state index contributed by atoms with van der Waals surface area (Å²) < 4.78 is 11.2. The first-order chi connectivity index (χ1) is 14.6. The van der Waals surface area contributed by atoms with E-state index in [4.69, 9.17) is 9.47 Å². The van der Waals surface area contributed by atoms with Crippen LogP contribution in [-0.4, -0.2) is 41.1 Å². The van der Waals surface area contributed by atoms with E-state index in [9.17, 15) is 9.59 Å². The van der Waals surface area contributed by atoms with Crippen LogP contribution in [0.15, 0.2) is 47.6 Å². The average molecular weight is 405 g/mol. The zero-order chi connectivity index (χ0) is 20.7. The normalized spacial score (nSPS) is 20.4. The Labute approximate surface area is 171 Å². The first-order valence-corrected chi connectivity index (χ1v) is 9.58. The fourth-order valence-electron chi connectivity index (χ4n) is 3.83. The molecule has 3 heterocycles. The summed E-state index contributed by atoms with van der Waals surface area (Å²) in [6.07, 6.45) is 1.69. The number of aliphatic imine (C=N–C) groups is 1. The van der Waals surface area contributed by atoms with Gasteiger partial charge in [-0.3, -0.25) is 9.89 Å². The molecule has 0 bridgehead atoms. The van der Waals surface area contributed by atoms with Crippen LogP contribution in [0, 0.1) is 5.92 Å². The van der Waals surface area contributed by atoms with Crippen molar-refractivity contribution in [1.29, 1.82) is 0 Å². The van der Waals surface area contributed by atoms with Crippen LogP contribution in [0.2, 0.25) is 0 Å². The van der Waals surface area contributed by atoms with Crippen molar-refractivity contribution in [2.75, 3.05) is 18.5 Å². The van der Waals surface area contributed by atoms with Crippen molar-refractivity contribution >= 4 is 34.2 Å². The second-order valence-electron chi connectivity index (χ2n) is 7.22. The number of urea groups is 1. The molecule has 3 aromatic rings. The predicted octanol–water partition coefficient (Wildman–Crippen LogP) is 2.81. The van der Waals surface area contributed by atoms with Crippen LogP contribution < -0.4 is 20.1 Å². The molecule has 9 heteroatoms. The monoisotopic (exact) mass is 405 g/mol. The standard InChI is InChI=1S/C21H19N5O4/c1-11-18(20(27)24-14-3-4-15-13(8-14)10-22-26-15)19(25-21(28)23-11)12-2-5-16-17(9-12)30-7-6-29-16/h2-5,8-10,18-19H,6-7H2,1H3,(H,22,26)(H,24,27)(H,25,28). The highest BCUT2D eigenvalue weighted by Gasteiger charge is 2.37. The third-order valence-corrected chi connectivity index (χ3v) is 5.26. The maximum absolute atomic E-state index is 13.2. The van der Waals surface area contributed by atoms with E-state index in [-0.39, 0.29) is 5.91 Å². The number of fused-ring (bicyclic) bond motifs is 2. The highest BCUT2D eigenvalue weighted by Crippen LogP contribution is 2.36. The van der Waals surface area contributed by atoms with Crippen LogP contribution >= 0.6 is 0 Å². The molecule has 2 unspecified atom stereocenters. The minimum atomic E-state index is -0.676. The van der Waals surface area contributed by atoms with Gasteiger partial charge in [-0.15, -0.1) is 0 Å². The lowest BCUT2D eigenvalue weighted by molar-refractivity contribution is -0.118. The summed E-state index contributed by atoms with van der Waals surface area (Å²) in [5.41, 5.74) is 2.71. The van der Waals surface area contributed by atoms with Gasteiger partial charge >= 0.3 is 6.03 Å². The number of anilines is 1. The smallest absolute Gasteiger partial charge is 0.341 e. The Hall–Kier alpha value is -3.88. The third-order valence-electron chi connectivity index (χ3n) is 5.26. The molecule has 152 valence electrons. The molecule has 9 nitrogen and oxygen atoms in total. The van der Waals surface area contributed by atoms with Crippen molar-refractivity contribution in [2.24, 2.45) is 10.9 Å². The summed E-state index contributed by atoms with van der Waals surface area (Å²) in [7, 11) is 0. The first-order valence-electron chi connectivity index (χ1n) is 9.58. The number of hydrogen-bond donors (Lipinski definition) is 3. The molecule has 3 amide bonds. The number of H-pyrrole nitrogens is 1. The lowest BCUT2D eigenvalue weighted by Crippen LogP contribution is -2.45. The lowest BCUT2D eigenvalue weighted by Gasteiger charge is -2.31. The highest BCUT2D eigenvalue weighted by atomic mass is 16.6. The largest absolute Gasteiger partial charge is 0.486 e. The van der Waals surface area contributed by atoms with Crippen LogP contribution in [0.3, 0.4) is 0 Å². The molecule has 30 heavy (non-hydrogen) atoms. The minimum absolute atomic E-state index is 0.265. The SMILES string of the molecule is CC1=NC(=O)NC(c2ccc3c(c2)OCCO3)C1C(=O)Nc1ccc2[nH]ncc2c1. The van der Waals surface area contributed by atoms with Crippen molar-refractivity contribution in [3.8, 4) is 11.5 Å². The molecule has 0 spiro atoms. The second kappa shape index (κ2) is 7.18. The number of aromatic amines is 1. The molecular formula is C21H19N5O4. The van der Waals surface area contributed by atoms with Gasteiger partial charge in [-0.05, 0) is 42.8 Å². The van der Waals surface area contributed by atoms with Crippen LogP contribution in [0.4, 0.5) is 10.5 Å². The summed E-state index contributed by atoms with van der Waals surface area (Å²) >= 11 is 0. The lowest BCUT2D eigenvalue weighted by atomic mass is 9.87. The minimum Gasteiger partial charge on any atom is -0.486 e. The van der Waals surface area contributed by atoms with E-state index in [0.717, 1.165) is 16.5 Å². The van der Waals surface area contributed by atoms with Crippen molar-refractivity contribution in [3.05, 3.63) is 48.2 Å². The molecule has 2 aliphatic heterocycles. The summed E-state index contributed by atoms with van der Waals surface area (Å²) in [6, 6.07) is 9.85. The summed E-state index contributed by atoms with van der Waals surface area (Å²) in [4.78, 5) is 29.3. The van der Waals surface area contributed by atoms with E-state index in [1.54, 1.807) is 31.3 Å². The zero-order valence-electron chi connectivity index (χ0n) is 16.1. The third kappa shape index (κ3) is 3.24. The number of nitrogens with one attached hydrogen (secondary N) is 3. The van der Waals surface area contributed by atoms with E-state index in [1.165, 1.54) is 0 Å². The van der Waals surface area contributed by atoms with Gasteiger partial charge < -0.3 is 20.1 Å². The summed E-state index contributed by atoms with van der Waals surface area (Å²) in [5.74, 6) is 0.300. The Morgan fingerprint density at radius 3 is 2.83 bits per heavy atom. The van der Waals surface area contributed by atoms with E-state index >= 15 is 0 Å². The Morgan fingerprint density at radius 2 is 1.97 bits per heavy atom. The molecule has 0 saturated carbocycles. The fraction of sp³-hybridized carbons (Fsp3) is 0.238. The van der Waals surface area contributed by atoms with Crippen molar-refractivity contribution in [1.82, 2.24) is 15.5 Å². The average Bonchev–Trinajstić information content (AvgIpc) is 3.20. The predicted molar refractivity (Wildman–Crippen MR) is 110 cm³/mol. The Kier molecular flexibility index (Phi) is 4.35. The molecule has 5 rings (SSSR count). The number of carbonyl (C=O) groups is 2. The van der Waals surface area contributed by atoms with E-state index in [2.05, 4.69) is 25.8 Å². The molecule has 3 N–H and O–H groups in total. The number of benzene rings is 2. The van der Waals surface area contributed by atoms with Gasteiger partial charge in [-0.1, -0.05) is 6.07 Å². The molecule has 2 atom stereocenters. The van der Waals surface area contributed by atoms with Crippen LogP contribution in [0.1, 0.15) is 18.5 Å². The number of amides is 3. The second-order valence-corrected chi connectivity index (χ2v) is 7.22. The topological polar surface area (TPSA) is 118 Å². The van der Waals surface area contributed by atoms with Crippen molar-refractivity contribution in [2.45, 2.75) is 13.0 Å². The van der Waals surface area contributed by atoms with Gasteiger partial charge in [0.15, 0.2) is 11.5 Å². The molecule has 2 aliphatic rings. The maximum atomic E-state index is 13.2. The maximum Gasteiger partial charge on any atom is 0.341 e. The van der Waals surface area contributed by atoms with E-state index in [0.29, 0.717) is 36.1 Å². The summed E-state index contributed by atoms with van der Waals surface area (Å²) in [5, 5.41) is 13.5. The first kappa shape index (κ1) is 18.2. The number of aromatic nitrogens is 2. The fourth-order valence-corrected chi connectivity index (χ4v) is 3.83. The molecule has 2 aromatic carbocycles. The van der Waals surface area contributed by atoms with Gasteiger partial charge in [0.1, 0.15) is 19.1 Å². The zero-order valence-corrected chi connectivity index (χ0v) is 16.1.